The van der Waals surface area contributed by atoms with Gasteiger partial charge in [0, 0.05) is 13.1 Å². The third kappa shape index (κ3) is 53.8. The molecule has 0 aliphatic rings. The Labute approximate surface area is 259 Å². The molecular formula is C12H36N2O24P8. The van der Waals surface area contributed by atoms with Gasteiger partial charge in [-0.15, -0.1) is 0 Å². The molecule has 0 heterocycles. The van der Waals surface area contributed by atoms with Crippen LogP contribution in [0.4, 0.5) is 0 Å². The maximum atomic E-state index is 9.85. The second-order valence-electron chi connectivity index (χ2n) is 8.06. The third-order valence-electron chi connectivity index (χ3n) is 3.03. The second-order valence-corrected chi connectivity index (χ2v) is 23.2. The molecule has 0 aliphatic carbocycles. The minimum atomic E-state index is -4.55. The molecule has 0 aromatic heterocycles. The lowest BCUT2D eigenvalue weighted by atomic mass is 10.1. The number of benzene rings is 1. The number of hydrogen-bond acceptors (Lipinski definition) is 10. The molecule has 0 bridgehead atoms. The van der Waals surface area contributed by atoms with Crippen LogP contribution in [0.1, 0.15) is 11.1 Å². The van der Waals surface area contributed by atoms with Crippen LogP contribution < -0.4 is 11.5 Å². The summed E-state index contributed by atoms with van der Waals surface area (Å²) < 4.78 is 78.8. The molecule has 0 spiro atoms. The molecule has 1 aromatic carbocycles. The lowest BCUT2D eigenvalue weighted by Crippen LogP contribution is -2.05. The van der Waals surface area contributed by atoms with Gasteiger partial charge in [-0.1, -0.05) is 24.3 Å². The van der Waals surface area contributed by atoms with E-state index in [2.05, 4.69) is 0 Å². The van der Waals surface area contributed by atoms with Crippen molar-refractivity contribution in [3.05, 3.63) is 35.4 Å². The van der Waals surface area contributed by atoms with Gasteiger partial charge in [-0.25, -0.2) is 0 Å². The van der Waals surface area contributed by atoms with Crippen molar-refractivity contribution < 1.29 is 115 Å². The summed E-state index contributed by atoms with van der Waals surface area (Å²) >= 11 is 0. The Hall–Kier alpha value is 0.340. The van der Waals surface area contributed by atoms with Crippen LogP contribution in [0.2, 0.25) is 0 Å². The van der Waals surface area contributed by atoms with E-state index in [4.69, 9.17) is 89.8 Å². The zero-order valence-electron chi connectivity index (χ0n) is 22.7. The molecule has 0 aliphatic heterocycles. The van der Waals surface area contributed by atoms with Gasteiger partial charge in [0.05, 0.1) is 0 Å². The van der Waals surface area contributed by atoms with E-state index in [1.165, 1.54) is 0 Å². The fourth-order valence-corrected chi connectivity index (χ4v) is 9.60. The lowest BCUT2D eigenvalue weighted by molar-refractivity contribution is 0.352. The summed E-state index contributed by atoms with van der Waals surface area (Å²) in [5.74, 6) is -5.50. The van der Waals surface area contributed by atoms with Crippen LogP contribution in [-0.2, 0) is 49.6 Å². The van der Waals surface area contributed by atoms with Crippen molar-refractivity contribution in [3.8, 4) is 0 Å². The third-order valence-corrected chi connectivity index (χ3v) is 14.8. The van der Waals surface area contributed by atoms with Crippen LogP contribution in [0.15, 0.2) is 24.3 Å². The first-order valence-corrected chi connectivity index (χ1v) is 24.9. The van der Waals surface area contributed by atoms with E-state index >= 15 is 0 Å². The summed E-state index contributed by atoms with van der Waals surface area (Å²) in [7, 11) is -36.4. The van der Waals surface area contributed by atoms with Crippen LogP contribution in [0.3, 0.4) is 0 Å². The van der Waals surface area contributed by atoms with Gasteiger partial charge in [-0.3, -0.25) is 36.5 Å². The van der Waals surface area contributed by atoms with Gasteiger partial charge in [0.2, 0.25) is 0 Å². The molecule has 34 heteroatoms. The lowest BCUT2D eigenvalue weighted by Gasteiger charge is -2.03. The summed E-state index contributed by atoms with van der Waals surface area (Å²) in [6, 6.07) is 7.95. The highest BCUT2D eigenvalue weighted by Gasteiger charge is 2.28. The molecule has 0 radical (unpaired) electrons. The van der Waals surface area contributed by atoms with Crippen LogP contribution in [0, 0.1) is 0 Å². The molecule has 0 unspecified atom stereocenters. The van der Waals surface area contributed by atoms with E-state index in [-0.39, 0.29) is 0 Å². The van der Waals surface area contributed by atoms with Crippen molar-refractivity contribution in [2.45, 2.75) is 13.1 Å². The van der Waals surface area contributed by atoms with Crippen LogP contribution in [0.5, 0.6) is 0 Å². The van der Waals surface area contributed by atoms with Gasteiger partial charge in [-0.05, 0) is 11.1 Å². The normalized spacial score (nSPS) is 12.9. The monoisotopic (exact) mass is 840 g/mol. The minimum Gasteiger partial charge on any atom is -0.326 e. The predicted octanol–water partition coefficient (Wildman–Crippen LogP) is -2.20. The Kier molecular flexibility index (Phi) is 24.9. The maximum Gasteiger partial charge on any atom is 0.337 e. The number of hydrogen-bond donors (Lipinski definition) is 18. The molecule has 0 fully saturated rings. The van der Waals surface area contributed by atoms with E-state index in [1.807, 2.05) is 24.3 Å². The quantitative estimate of drug-likeness (QED) is 0.111. The Balaban J connectivity index is -0.000000240. The molecule has 26 nitrogen and oxygen atoms in total. The topological polar surface area (TPSA) is 512 Å². The summed E-state index contributed by atoms with van der Waals surface area (Å²) in [5.41, 5.74) is 13.2. The zero-order chi connectivity index (χ0) is 38.2. The zero-order valence-corrected chi connectivity index (χ0v) is 29.9. The molecule has 46 heavy (non-hydrogen) atoms. The molecular weight excluding hydrogens is 804 g/mol. The minimum absolute atomic E-state index is 0.577. The first-order chi connectivity index (χ1) is 19.7. The van der Waals surface area contributed by atoms with E-state index in [0.717, 1.165) is 11.1 Å². The second kappa shape index (κ2) is 21.5. The number of nitrogens with two attached hydrogens (primary N) is 2. The molecule has 1 rings (SSSR count). The van der Waals surface area contributed by atoms with Crippen molar-refractivity contribution in [1.82, 2.24) is 0 Å². The van der Waals surface area contributed by atoms with Crippen molar-refractivity contribution in [1.29, 1.82) is 0 Å². The largest absolute Gasteiger partial charge is 0.337 e. The molecule has 0 atom stereocenters. The average Bonchev–Trinajstić information content (AvgIpc) is 2.64. The Morgan fingerprint density at radius 1 is 0.348 bits per heavy atom. The van der Waals surface area contributed by atoms with E-state index < -0.39 is 84.4 Å². The first kappa shape index (κ1) is 53.1. The first-order valence-electron chi connectivity index (χ1n) is 10.5. The van der Waals surface area contributed by atoms with E-state index in [1.54, 1.807) is 0 Å². The standard InChI is InChI=1S/C8H12N2.4CH6O6P2/c9-5-7-3-1-2-4-8(7)6-10;4*2-8(3,4)1-9(5,6)7/h1-4H,5-6,9-10H2;4*1H2,(H2,2,3,4)(H2,5,6,7). The molecule has 20 N–H and O–H groups in total. The van der Waals surface area contributed by atoms with Gasteiger partial charge in [0.1, 0.15) is 0 Å². The highest BCUT2D eigenvalue weighted by atomic mass is 31.3. The Morgan fingerprint density at radius 3 is 0.543 bits per heavy atom. The van der Waals surface area contributed by atoms with Crippen molar-refractivity contribution >= 4 is 60.8 Å². The Bertz CT molecular complexity index is 1150. The van der Waals surface area contributed by atoms with Gasteiger partial charge in [-0.2, -0.15) is 0 Å². The maximum absolute atomic E-state index is 9.85. The number of rotatable bonds is 10. The SMILES string of the molecule is NCc1ccccc1CN.O=P(O)(O)CP(=O)(O)O.O=P(O)(O)CP(=O)(O)O.O=P(O)(O)CP(=O)(O)O.O=P(O)(O)CP(=O)(O)O. The average molecular weight is 840 g/mol. The fraction of sp³-hybridized carbons (Fsp3) is 0.500. The summed E-state index contributed by atoms with van der Waals surface area (Å²) in [6.45, 7) is 1.15. The van der Waals surface area contributed by atoms with Crippen molar-refractivity contribution in [3.63, 3.8) is 0 Å². The molecule has 0 saturated carbocycles. The Morgan fingerprint density at radius 2 is 0.478 bits per heavy atom. The predicted molar refractivity (Wildman–Crippen MR) is 158 cm³/mol. The van der Waals surface area contributed by atoms with Crippen LogP contribution in [-0.4, -0.2) is 102 Å². The molecule has 0 amide bonds. The molecule has 1 aromatic rings. The van der Waals surface area contributed by atoms with E-state index in [9.17, 15) is 36.5 Å². The van der Waals surface area contributed by atoms with E-state index in [0.29, 0.717) is 13.1 Å². The van der Waals surface area contributed by atoms with Gasteiger partial charge >= 0.3 is 60.8 Å². The summed E-state index contributed by atoms with van der Waals surface area (Å²) in [6.07, 6.45) is 0. The molecule has 278 valence electrons. The van der Waals surface area contributed by atoms with Crippen molar-refractivity contribution in [2.24, 2.45) is 11.5 Å². The summed E-state index contributed by atoms with van der Waals surface area (Å²) in [5, 5.41) is 0. The van der Waals surface area contributed by atoms with Gasteiger partial charge in [0.25, 0.3) is 0 Å². The smallest absolute Gasteiger partial charge is 0.326 e. The van der Waals surface area contributed by atoms with Crippen LogP contribution in [0.25, 0.3) is 0 Å². The summed E-state index contributed by atoms with van der Waals surface area (Å²) in [4.78, 5) is 128. The van der Waals surface area contributed by atoms with Gasteiger partial charge in [0.15, 0.2) is 23.6 Å². The highest BCUT2D eigenvalue weighted by Crippen LogP contribution is 2.53. The van der Waals surface area contributed by atoms with Gasteiger partial charge < -0.3 is 89.8 Å². The highest BCUT2D eigenvalue weighted by molar-refractivity contribution is 7.70. The van der Waals surface area contributed by atoms with Crippen LogP contribution >= 0.6 is 60.8 Å². The fourth-order valence-electron chi connectivity index (χ4n) is 1.92. The van der Waals surface area contributed by atoms with Crippen molar-refractivity contribution in [2.75, 3.05) is 23.6 Å². The molecule has 0 saturated heterocycles.